The maximum absolute atomic E-state index is 6.42. The lowest BCUT2D eigenvalue weighted by Crippen LogP contribution is -2.17. The monoisotopic (exact) mass is 720 g/mol. The van der Waals surface area contributed by atoms with Crippen molar-refractivity contribution < 1.29 is 4.42 Å². The summed E-state index contributed by atoms with van der Waals surface area (Å²) in [4.78, 5) is 7.27. The zero-order valence-corrected chi connectivity index (χ0v) is 32.0. The van der Waals surface area contributed by atoms with Gasteiger partial charge in [-0.1, -0.05) is 137 Å². The molecule has 2 aliphatic carbocycles. The summed E-state index contributed by atoms with van der Waals surface area (Å²) >= 11 is 0. The number of fused-ring (bicyclic) bond motifs is 9. The van der Waals surface area contributed by atoms with Crippen LogP contribution in [0.2, 0.25) is 0 Å². The molecule has 11 rings (SSSR count). The first-order valence-electron chi connectivity index (χ1n) is 19.5. The van der Waals surface area contributed by atoms with Gasteiger partial charge in [0.1, 0.15) is 5.52 Å². The second-order valence-corrected chi connectivity index (χ2v) is 16.4. The first kappa shape index (κ1) is 32.7. The number of aromatic nitrogens is 1. The maximum atomic E-state index is 6.42. The normalized spacial score (nSPS) is 14.4. The lowest BCUT2D eigenvalue weighted by Gasteiger charge is -2.29. The predicted molar refractivity (Wildman–Crippen MR) is 232 cm³/mol. The van der Waals surface area contributed by atoms with Crippen molar-refractivity contribution in [1.82, 2.24) is 4.98 Å². The Morgan fingerprint density at radius 1 is 0.429 bits per heavy atom. The molecule has 1 aromatic heterocycles. The molecule has 0 N–H and O–H groups in total. The average molecular weight is 721 g/mol. The summed E-state index contributed by atoms with van der Waals surface area (Å²) < 4.78 is 6.42. The van der Waals surface area contributed by atoms with E-state index in [0.717, 1.165) is 55.6 Å². The zero-order chi connectivity index (χ0) is 37.8. The third-order valence-electron chi connectivity index (χ3n) is 12.5. The molecule has 0 unspecified atom stereocenters. The van der Waals surface area contributed by atoms with E-state index >= 15 is 0 Å². The average Bonchev–Trinajstić information content (AvgIpc) is 3.85. The molecule has 3 nitrogen and oxygen atoms in total. The van der Waals surface area contributed by atoms with Crippen LogP contribution >= 0.6 is 0 Å². The van der Waals surface area contributed by atoms with Crippen LogP contribution in [0.3, 0.4) is 0 Å². The predicted octanol–water partition coefficient (Wildman–Crippen LogP) is 14.4. The van der Waals surface area contributed by atoms with Gasteiger partial charge in [0.05, 0.1) is 0 Å². The number of rotatable bonds is 5. The van der Waals surface area contributed by atoms with E-state index in [1.807, 2.05) is 36.4 Å². The summed E-state index contributed by atoms with van der Waals surface area (Å²) in [6.45, 7) is 9.40. The highest BCUT2D eigenvalue weighted by Crippen LogP contribution is 2.53. The standard InChI is InChI=1S/C53H40N2O/c1-52(2)46-17-11-9-15-41(46)44-31-38(26-28-47(44)52)55(39-25-27-42-40-14-8-10-16-45(40)53(3,4)48(42)32-39)37-23-20-33(21-24-37)36-19-18-34-22-29-49-50(43(34)30-36)56-51(54-49)35-12-6-5-7-13-35/h5-32H,1-4H3. The largest absolute Gasteiger partial charge is 0.435 e. The molecule has 0 radical (unpaired) electrons. The topological polar surface area (TPSA) is 29.3 Å². The van der Waals surface area contributed by atoms with Crippen LogP contribution in [0.1, 0.15) is 49.9 Å². The third kappa shape index (κ3) is 4.80. The van der Waals surface area contributed by atoms with E-state index in [4.69, 9.17) is 9.40 Å². The molecule has 8 aromatic carbocycles. The van der Waals surface area contributed by atoms with Gasteiger partial charge in [-0.3, -0.25) is 0 Å². The number of hydrogen-bond acceptors (Lipinski definition) is 3. The van der Waals surface area contributed by atoms with Crippen LogP contribution in [-0.2, 0) is 10.8 Å². The van der Waals surface area contributed by atoms with Crippen LogP contribution in [0.5, 0.6) is 0 Å². The van der Waals surface area contributed by atoms with Crippen LogP contribution in [0.4, 0.5) is 17.1 Å². The maximum Gasteiger partial charge on any atom is 0.227 e. The lowest BCUT2D eigenvalue weighted by molar-refractivity contribution is 0.623. The van der Waals surface area contributed by atoms with Crippen molar-refractivity contribution in [3.05, 3.63) is 192 Å². The molecule has 56 heavy (non-hydrogen) atoms. The number of hydrogen-bond donors (Lipinski definition) is 0. The molecule has 9 aromatic rings. The highest BCUT2D eigenvalue weighted by Gasteiger charge is 2.37. The summed E-state index contributed by atoms with van der Waals surface area (Å²) in [5.41, 5.74) is 18.9. The van der Waals surface area contributed by atoms with Crippen molar-refractivity contribution >= 4 is 38.9 Å². The fraction of sp³-hybridized carbons (Fsp3) is 0.113. The van der Waals surface area contributed by atoms with E-state index in [2.05, 4.69) is 166 Å². The Balaban J connectivity index is 1.03. The zero-order valence-electron chi connectivity index (χ0n) is 32.0. The van der Waals surface area contributed by atoms with Gasteiger partial charge in [0, 0.05) is 38.8 Å². The molecule has 2 aliphatic rings. The number of anilines is 3. The fourth-order valence-electron chi connectivity index (χ4n) is 9.52. The van der Waals surface area contributed by atoms with Crippen molar-refractivity contribution in [1.29, 1.82) is 0 Å². The van der Waals surface area contributed by atoms with Crippen molar-refractivity contribution in [2.45, 2.75) is 38.5 Å². The van der Waals surface area contributed by atoms with Crippen LogP contribution in [-0.4, -0.2) is 4.98 Å². The molecule has 0 bridgehead atoms. The SMILES string of the molecule is CC1(C)c2ccccc2-c2cc(N(c3ccc(-c4ccc5ccc6nc(-c7ccccc7)oc6c5c4)cc3)c3ccc4c(c3)C(C)(C)c3ccccc3-4)ccc21. The van der Waals surface area contributed by atoms with E-state index in [-0.39, 0.29) is 10.8 Å². The Labute approximate surface area is 327 Å². The smallest absolute Gasteiger partial charge is 0.227 e. The van der Waals surface area contributed by atoms with Crippen molar-refractivity contribution in [2.75, 3.05) is 4.90 Å². The quantitative estimate of drug-likeness (QED) is 0.177. The van der Waals surface area contributed by atoms with E-state index in [9.17, 15) is 0 Å². The first-order valence-corrected chi connectivity index (χ1v) is 19.5. The van der Waals surface area contributed by atoms with E-state index in [1.165, 1.54) is 44.5 Å². The molecule has 0 saturated heterocycles. The van der Waals surface area contributed by atoms with Crippen molar-refractivity contribution in [2.24, 2.45) is 0 Å². The molecule has 0 aliphatic heterocycles. The van der Waals surface area contributed by atoms with Gasteiger partial charge in [-0.25, -0.2) is 4.98 Å². The van der Waals surface area contributed by atoms with E-state index < -0.39 is 0 Å². The van der Waals surface area contributed by atoms with E-state index in [0.29, 0.717) is 5.89 Å². The van der Waals surface area contributed by atoms with Crippen LogP contribution in [0.15, 0.2) is 174 Å². The minimum absolute atomic E-state index is 0.0550. The van der Waals surface area contributed by atoms with Gasteiger partial charge in [-0.15, -0.1) is 0 Å². The van der Waals surface area contributed by atoms with Gasteiger partial charge in [0.15, 0.2) is 5.58 Å². The molecule has 0 saturated carbocycles. The molecule has 3 heteroatoms. The van der Waals surface area contributed by atoms with Crippen LogP contribution in [0, 0.1) is 0 Å². The molecular weight excluding hydrogens is 681 g/mol. The van der Waals surface area contributed by atoms with Crippen molar-refractivity contribution in [3.63, 3.8) is 0 Å². The fourth-order valence-corrected chi connectivity index (χ4v) is 9.52. The minimum atomic E-state index is -0.106. The molecule has 268 valence electrons. The molecule has 0 spiro atoms. The Morgan fingerprint density at radius 3 is 1.77 bits per heavy atom. The van der Waals surface area contributed by atoms with Crippen LogP contribution in [0.25, 0.3) is 66.7 Å². The Bertz CT molecular complexity index is 3020. The third-order valence-corrected chi connectivity index (χ3v) is 12.5. The second-order valence-electron chi connectivity index (χ2n) is 16.4. The second kappa shape index (κ2) is 11.9. The minimum Gasteiger partial charge on any atom is -0.435 e. The lowest BCUT2D eigenvalue weighted by atomic mass is 9.82. The Kier molecular flexibility index (Phi) is 6.94. The summed E-state index contributed by atoms with van der Waals surface area (Å²) in [6, 6.07) is 61.8. The van der Waals surface area contributed by atoms with Gasteiger partial charge in [-0.05, 0) is 122 Å². The van der Waals surface area contributed by atoms with Gasteiger partial charge < -0.3 is 9.32 Å². The highest BCUT2D eigenvalue weighted by atomic mass is 16.3. The van der Waals surface area contributed by atoms with Gasteiger partial charge in [-0.2, -0.15) is 0 Å². The van der Waals surface area contributed by atoms with Gasteiger partial charge in [0.2, 0.25) is 5.89 Å². The van der Waals surface area contributed by atoms with Crippen molar-refractivity contribution in [3.8, 4) is 44.8 Å². The van der Waals surface area contributed by atoms with Gasteiger partial charge in [0.25, 0.3) is 0 Å². The van der Waals surface area contributed by atoms with E-state index in [1.54, 1.807) is 0 Å². The highest BCUT2D eigenvalue weighted by molar-refractivity contribution is 6.05. The summed E-state index contributed by atoms with van der Waals surface area (Å²) in [7, 11) is 0. The summed E-state index contributed by atoms with van der Waals surface area (Å²) in [5, 5.41) is 2.19. The molecular formula is C53H40N2O. The number of benzene rings is 8. The molecule has 0 amide bonds. The number of oxazole rings is 1. The first-order chi connectivity index (χ1) is 27.3. The number of nitrogens with zero attached hydrogens (tertiary/aromatic N) is 2. The molecule has 1 heterocycles. The molecule has 0 atom stereocenters. The Hall–Kier alpha value is -6.71. The van der Waals surface area contributed by atoms with Crippen LogP contribution < -0.4 is 4.90 Å². The Morgan fingerprint density at radius 2 is 1.00 bits per heavy atom. The molecule has 0 fully saturated rings. The van der Waals surface area contributed by atoms with Gasteiger partial charge >= 0.3 is 0 Å². The summed E-state index contributed by atoms with van der Waals surface area (Å²) in [6.07, 6.45) is 0. The summed E-state index contributed by atoms with van der Waals surface area (Å²) in [5.74, 6) is 0.639.